The van der Waals surface area contributed by atoms with Crippen LogP contribution in [0.2, 0.25) is 0 Å². The molecule has 8 nitrogen and oxygen atoms in total. The molecule has 2 atom stereocenters. The van der Waals surface area contributed by atoms with Crippen LogP contribution in [0, 0.1) is 11.8 Å². The lowest BCUT2D eigenvalue weighted by molar-refractivity contribution is -0.123. The molecule has 0 spiro atoms. The molecule has 268 valence electrons. The smallest absolute Gasteiger partial charge is 0.320 e. The number of primary amides is 1. The molecule has 3 amide bonds. The second-order valence-corrected chi connectivity index (χ2v) is 17.8. The van der Waals surface area contributed by atoms with Gasteiger partial charge in [0.15, 0.2) is 0 Å². The van der Waals surface area contributed by atoms with Gasteiger partial charge in [0.2, 0.25) is 5.91 Å². The van der Waals surface area contributed by atoms with Gasteiger partial charge in [-0.2, -0.15) is 11.8 Å². The third-order valence-corrected chi connectivity index (χ3v) is 11.9. The van der Waals surface area contributed by atoms with Crippen LogP contribution in [0.25, 0.3) is 0 Å². The minimum Gasteiger partial charge on any atom is -0.352 e. The number of carbonyl (C=O) groups is 2. The topological polar surface area (TPSA) is 113 Å². The van der Waals surface area contributed by atoms with Crippen LogP contribution in [-0.4, -0.2) is 51.0 Å². The molecular weight excluding hydrogens is 641 g/mol. The Bertz CT molecular complexity index is 1400. The van der Waals surface area contributed by atoms with Gasteiger partial charge in [-0.05, 0) is 97.4 Å². The Morgan fingerprint density at radius 3 is 2.06 bits per heavy atom. The zero-order chi connectivity index (χ0) is 35.5. The molecule has 2 aromatic carbocycles. The summed E-state index contributed by atoms with van der Waals surface area (Å²) in [5, 5.41) is 3.18. The minimum absolute atomic E-state index is 0.0280. The molecule has 10 heteroatoms. The molecule has 0 radical (unpaired) electrons. The predicted octanol–water partition coefficient (Wildman–Crippen LogP) is 8.49. The summed E-state index contributed by atoms with van der Waals surface area (Å²) < 4.78 is 29.5. The number of thioether (sulfide) groups is 1. The highest BCUT2D eigenvalue weighted by atomic mass is 32.2. The van der Waals surface area contributed by atoms with Crippen molar-refractivity contribution < 1.29 is 18.0 Å². The van der Waals surface area contributed by atoms with Crippen LogP contribution in [0.1, 0.15) is 111 Å². The summed E-state index contributed by atoms with van der Waals surface area (Å²) >= 11 is 1.67. The van der Waals surface area contributed by atoms with Crippen LogP contribution in [-0.2, 0) is 20.2 Å². The Morgan fingerprint density at radius 2 is 1.52 bits per heavy atom. The summed E-state index contributed by atoms with van der Waals surface area (Å²) in [5.74, 6) is 1.55. The van der Waals surface area contributed by atoms with Gasteiger partial charge in [-0.25, -0.2) is 13.2 Å². The van der Waals surface area contributed by atoms with Gasteiger partial charge in [-0.1, -0.05) is 91.7 Å². The van der Waals surface area contributed by atoms with E-state index in [1.165, 1.54) is 15.6 Å². The van der Waals surface area contributed by atoms with Crippen molar-refractivity contribution in [2.45, 2.75) is 128 Å². The number of anilines is 2. The SMILES string of the molecule is CSCCCN(c1ccc(N(C(N)=O)[C@H](CC2CCCCC2)C(=O)NC(C)CCCC(C)C)cc1)S(=O)(=O)c1ccc(C(C)(C)C)cc1. The second kappa shape index (κ2) is 18.3. The molecule has 0 aliphatic heterocycles. The van der Waals surface area contributed by atoms with E-state index in [-0.39, 0.29) is 22.3 Å². The van der Waals surface area contributed by atoms with Crippen molar-refractivity contribution in [3.8, 4) is 0 Å². The Kier molecular flexibility index (Phi) is 15.2. The zero-order valence-electron chi connectivity index (χ0n) is 30.3. The minimum atomic E-state index is -3.87. The summed E-state index contributed by atoms with van der Waals surface area (Å²) in [6, 6.07) is 12.5. The van der Waals surface area contributed by atoms with Gasteiger partial charge >= 0.3 is 6.03 Å². The summed E-state index contributed by atoms with van der Waals surface area (Å²) in [6.45, 7) is 13.0. The quantitative estimate of drug-likeness (QED) is 0.161. The van der Waals surface area contributed by atoms with Crippen molar-refractivity contribution in [2.75, 3.05) is 27.8 Å². The maximum atomic E-state index is 14.0. The maximum Gasteiger partial charge on any atom is 0.320 e. The van der Waals surface area contributed by atoms with Crippen molar-refractivity contribution in [3.63, 3.8) is 0 Å². The molecule has 2 aromatic rings. The summed E-state index contributed by atoms with van der Waals surface area (Å²) in [7, 11) is -3.87. The van der Waals surface area contributed by atoms with Crippen LogP contribution in [0.15, 0.2) is 53.4 Å². The van der Waals surface area contributed by atoms with Gasteiger partial charge in [-0.3, -0.25) is 14.0 Å². The van der Waals surface area contributed by atoms with Crippen LogP contribution in [0.4, 0.5) is 16.2 Å². The van der Waals surface area contributed by atoms with E-state index >= 15 is 0 Å². The molecular formula is C38H60N4O4S2. The van der Waals surface area contributed by atoms with Crippen LogP contribution < -0.4 is 20.3 Å². The number of hydrogen-bond donors (Lipinski definition) is 2. The van der Waals surface area contributed by atoms with E-state index in [4.69, 9.17) is 5.73 Å². The maximum absolute atomic E-state index is 14.0. The number of nitrogens with zero attached hydrogens (tertiary/aromatic N) is 2. The van der Waals surface area contributed by atoms with Gasteiger partial charge in [0.1, 0.15) is 6.04 Å². The van der Waals surface area contributed by atoms with Crippen molar-refractivity contribution in [1.82, 2.24) is 5.32 Å². The molecule has 1 saturated carbocycles. The van der Waals surface area contributed by atoms with Crippen molar-refractivity contribution in [2.24, 2.45) is 17.6 Å². The number of rotatable bonds is 17. The molecule has 1 unspecified atom stereocenters. The van der Waals surface area contributed by atoms with Gasteiger partial charge in [0, 0.05) is 18.3 Å². The number of hydrogen-bond acceptors (Lipinski definition) is 5. The highest BCUT2D eigenvalue weighted by Crippen LogP contribution is 2.33. The summed E-state index contributed by atoms with van der Waals surface area (Å²) in [6.07, 6.45) is 11.7. The fraction of sp³-hybridized carbons (Fsp3) is 0.632. The summed E-state index contributed by atoms with van der Waals surface area (Å²) in [5.41, 5.74) is 7.96. The van der Waals surface area contributed by atoms with Crippen molar-refractivity contribution in [3.05, 3.63) is 54.1 Å². The van der Waals surface area contributed by atoms with Crippen LogP contribution >= 0.6 is 11.8 Å². The predicted molar refractivity (Wildman–Crippen MR) is 202 cm³/mol. The van der Waals surface area contributed by atoms with Gasteiger partial charge in [-0.15, -0.1) is 0 Å². The normalized spacial score (nSPS) is 15.6. The van der Waals surface area contributed by atoms with E-state index in [1.807, 2.05) is 25.3 Å². The number of carbonyl (C=O) groups excluding carboxylic acids is 2. The average Bonchev–Trinajstić information content (AvgIpc) is 3.03. The van der Waals surface area contributed by atoms with E-state index < -0.39 is 22.1 Å². The Morgan fingerprint density at radius 1 is 0.917 bits per heavy atom. The Labute approximate surface area is 295 Å². The van der Waals surface area contributed by atoms with Crippen molar-refractivity contribution >= 4 is 45.1 Å². The fourth-order valence-corrected chi connectivity index (χ4v) is 8.47. The third-order valence-electron chi connectivity index (χ3n) is 9.37. The molecule has 48 heavy (non-hydrogen) atoms. The van der Waals surface area contributed by atoms with E-state index in [9.17, 15) is 18.0 Å². The lowest BCUT2D eigenvalue weighted by Gasteiger charge is -2.34. The zero-order valence-corrected chi connectivity index (χ0v) is 32.0. The first-order chi connectivity index (χ1) is 22.6. The second-order valence-electron chi connectivity index (χ2n) is 14.9. The van der Waals surface area contributed by atoms with E-state index in [1.54, 1.807) is 48.2 Å². The van der Waals surface area contributed by atoms with Crippen LogP contribution in [0.3, 0.4) is 0 Å². The number of nitrogens with two attached hydrogens (primary N) is 1. The van der Waals surface area contributed by atoms with Crippen molar-refractivity contribution in [1.29, 1.82) is 0 Å². The van der Waals surface area contributed by atoms with E-state index in [2.05, 4.69) is 39.9 Å². The lowest BCUT2D eigenvalue weighted by atomic mass is 9.84. The highest BCUT2D eigenvalue weighted by molar-refractivity contribution is 7.98. The molecule has 0 bridgehead atoms. The first-order valence-electron chi connectivity index (χ1n) is 17.8. The Balaban J connectivity index is 1.94. The molecule has 0 saturated heterocycles. The van der Waals surface area contributed by atoms with Gasteiger partial charge < -0.3 is 11.1 Å². The number of nitrogens with one attached hydrogen (secondary N) is 1. The highest BCUT2D eigenvalue weighted by Gasteiger charge is 2.34. The third kappa shape index (κ3) is 11.4. The van der Waals surface area contributed by atoms with Gasteiger partial charge in [0.05, 0.1) is 10.6 Å². The lowest BCUT2D eigenvalue weighted by Crippen LogP contribution is -2.54. The first kappa shape index (κ1) is 39.7. The van der Waals surface area contributed by atoms with Crippen LogP contribution in [0.5, 0.6) is 0 Å². The number of benzene rings is 2. The average molecular weight is 701 g/mol. The molecule has 1 aliphatic carbocycles. The van der Waals surface area contributed by atoms with E-state index in [0.717, 1.165) is 56.3 Å². The molecule has 1 aliphatic rings. The largest absolute Gasteiger partial charge is 0.352 e. The summed E-state index contributed by atoms with van der Waals surface area (Å²) in [4.78, 5) is 28.6. The fourth-order valence-electron chi connectivity index (χ4n) is 6.55. The number of amides is 3. The standard InChI is InChI=1S/C38H60N4O4S2/c1-28(2)13-11-14-29(3)40-36(43)35(27-30-15-9-8-10-16-30)42(37(39)44)33-21-19-32(20-22-33)41(25-12-26-47-7)48(45,46)34-23-17-31(18-24-34)38(4,5)6/h17-24,28-30,35H,8-16,25-27H2,1-7H3,(H2,39,44)(H,40,43)/t29?,35-/m1/s1. The molecule has 0 heterocycles. The molecule has 1 fully saturated rings. The number of urea groups is 1. The Hall–Kier alpha value is -2.72. The number of sulfonamides is 1. The van der Waals surface area contributed by atoms with Gasteiger partial charge in [0.25, 0.3) is 10.0 Å². The monoisotopic (exact) mass is 700 g/mol. The first-order valence-corrected chi connectivity index (χ1v) is 20.6. The van der Waals surface area contributed by atoms with E-state index in [0.29, 0.717) is 42.6 Å². The molecule has 3 N–H and O–H groups in total. The molecule has 3 rings (SSSR count). The molecule has 0 aromatic heterocycles.